The molecule has 0 unspecified atom stereocenters. The fraction of sp³-hybridized carbons (Fsp3) is 0. The molecule has 0 bridgehead atoms. The smallest absolute Gasteiger partial charge is 0.250 e. The van der Waals surface area contributed by atoms with Crippen molar-refractivity contribution in [1.29, 1.82) is 0 Å². The summed E-state index contributed by atoms with van der Waals surface area (Å²) in [6.45, 7) is 0. The minimum atomic E-state index is 0.482. The van der Waals surface area contributed by atoms with E-state index in [2.05, 4.69) is 15.1 Å². The molecule has 4 nitrogen and oxygen atoms in total. The highest BCUT2D eigenvalue weighted by Crippen LogP contribution is 2.15. The lowest BCUT2D eigenvalue weighted by Gasteiger charge is -1.90. The van der Waals surface area contributed by atoms with Crippen molar-refractivity contribution in [1.82, 2.24) is 15.1 Å². The van der Waals surface area contributed by atoms with Crippen LogP contribution in [0.2, 0.25) is 0 Å². The quantitative estimate of drug-likeness (QED) is 0.714. The summed E-state index contributed by atoms with van der Waals surface area (Å²) in [4.78, 5) is 8.26. The monoisotopic (exact) mass is 249 g/mol. The predicted octanol–water partition coefficient (Wildman–Crippen LogP) is 3.30. The van der Waals surface area contributed by atoms with Crippen molar-refractivity contribution in [2.24, 2.45) is 0 Å². The van der Waals surface area contributed by atoms with Crippen LogP contribution in [0.4, 0.5) is 0 Å². The van der Waals surface area contributed by atoms with Crippen molar-refractivity contribution >= 4 is 12.2 Å². The fourth-order valence-corrected chi connectivity index (χ4v) is 1.65. The SMILES string of the molecule is C(=C\c1nc(-c2ccncc2)no1)/c1ccccc1. The molecule has 0 N–H and O–H groups in total. The molecule has 3 rings (SSSR count). The minimum absolute atomic E-state index is 0.482. The van der Waals surface area contributed by atoms with E-state index in [0.29, 0.717) is 11.7 Å². The molecule has 0 fully saturated rings. The summed E-state index contributed by atoms with van der Waals surface area (Å²) in [6, 6.07) is 13.6. The number of rotatable bonds is 3. The number of benzene rings is 1. The van der Waals surface area contributed by atoms with E-state index in [1.165, 1.54) is 0 Å². The second-order valence-electron chi connectivity index (χ2n) is 3.94. The Kier molecular flexibility index (Phi) is 3.14. The first-order valence-corrected chi connectivity index (χ1v) is 5.89. The molecule has 0 amide bonds. The zero-order valence-electron chi connectivity index (χ0n) is 10.1. The van der Waals surface area contributed by atoms with Crippen molar-refractivity contribution in [2.45, 2.75) is 0 Å². The molecule has 4 heteroatoms. The molecular formula is C15H11N3O. The Bertz CT molecular complexity index is 675. The van der Waals surface area contributed by atoms with E-state index in [1.54, 1.807) is 18.5 Å². The van der Waals surface area contributed by atoms with Gasteiger partial charge in [-0.05, 0) is 23.8 Å². The van der Waals surface area contributed by atoms with E-state index in [0.717, 1.165) is 11.1 Å². The summed E-state index contributed by atoms with van der Waals surface area (Å²) >= 11 is 0. The van der Waals surface area contributed by atoms with Gasteiger partial charge in [0.25, 0.3) is 5.89 Å². The summed E-state index contributed by atoms with van der Waals surface area (Å²) in [6.07, 6.45) is 7.13. The van der Waals surface area contributed by atoms with Crippen LogP contribution in [0.15, 0.2) is 59.4 Å². The zero-order valence-corrected chi connectivity index (χ0v) is 10.1. The average molecular weight is 249 g/mol. The van der Waals surface area contributed by atoms with Crippen molar-refractivity contribution in [2.75, 3.05) is 0 Å². The molecule has 92 valence electrons. The lowest BCUT2D eigenvalue weighted by atomic mass is 10.2. The molecule has 2 heterocycles. The third-order valence-electron chi connectivity index (χ3n) is 2.60. The fourth-order valence-electron chi connectivity index (χ4n) is 1.65. The van der Waals surface area contributed by atoms with Gasteiger partial charge in [0.2, 0.25) is 5.82 Å². The highest BCUT2D eigenvalue weighted by atomic mass is 16.5. The van der Waals surface area contributed by atoms with Gasteiger partial charge >= 0.3 is 0 Å². The lowest BCUT2D eigenvalue weighted by molar-refractivity contribution is 0.411. The van der Waals surface area contributed by atoms with Crippen LogP contribution in [-0.4, -0.2) is 15.1 Å². The van der Waals surface area contributed by atoms with Crippen molar-refractivity contribution in [3.8, 4) is 11.4 Å². The Hall–Kier alpha value is -2.75. The third kappa shape index (κ3) is 2.74. The van der Waals surface area contributed by atoms with Crippen molar-refractivity contribution in [3.05, 3.63) is 66.3 Å². The molecule has 0 aliphatic rings. The third-order valence-corrected chi connectivity index (χ3v) is 2.60. The van der Waals surface area contributed by atoms with E-state index < -0.39 is 0 Å². The first kappa shape index (κ1) is 11.3. The molecule has 0 aliphatic heterocycles. The Morgan fingerprint density at radius 2 is 1.68 bits per heavy atom. The van der Waals surface area contributed by atoms with Gasteiger partial charge in [0, 0.05) is 24.0 Å². The number of aromatic nitrogens is 3. The van der Waals surface area contributed by atoms with Gasteiger partial charge in [0.15, 0.2) is 0 Å². The van der Waals surface area contributed by atoms with Crippen molar-refractivity contribution < 1.29 is 4.52 Å². The maximum atomic E-state index is 5.17. The molecule has 0 radical (unpaired) electrons. The molecule has 0 saturated carbocycles. The van der Waals surface area contributed by atoms with E-state index in [1.807, 2.05) is 48.5 Å². The average Bonchev–Trinajstić information content (AvgIpc) is 2.96. The van der Waals surface area contributed by atoms with Crippen LogP contribution in [0, 0.1) is 0 Å². The van der Waals surface area contributed by atoms with Crippen LogP contribution in [0.1, 0.15) is 11.5 Å². The van der Waals surface area contributed by atoms with Gasteiger partial charge in [-0.25, -0.2) is 0 Å². The predicted molar refractivity (Wildman–Crippen MR) is 72.9 cm³/mol. The number of hydrogen-bond donors (Lipinski definition) is 0. The van der Waals surface area contributed by atoms with Crippen LogP contribution in [-0.2, 0) is 0 Å². The summed E-state index contributed by atoms with van der Waals surface area (Å²) in [5.41, 5.74) is 1.98. The van der Waals surface area contributed by atoms with Gasteiger partial charge in [-0.3, -0.25) is 4.98 Å². The standard InChI is InChI=1S/C15H11N3O/c1-2-4-12(5-3-1)6-7-14-17-15(18-19-14)13-8-10-16-11-9-13/h1-11H/b7-6+. The van der Waals surface area contributed by atoms with Gasteiger partial charge < -0.3 is 4.52 Å². The molecule has 0 spiro atoms. The summed E-state index contributed by atoms with van der Waals surface area (Å²) in [5.74, 6) is 1.05. The molecule has 3 aromatic rings. The molecule has 0 saturated heterocycles. The van der Waals surface area contributed by atoms with Gasteiger partial charge in [-0.2, -0.15) is 4.98 Å². The van der Waals surface area contributed by atoms with Crippen LogP contribution in [0.3, 0.4) is 0 Å². The van der Waals surface area contributed by atoms with Gasteiger partial charge in [-0.1, -0.05) is 35.5 Å². The Balaban J connectivity index is 1.81. The van der Waals surface area contributed by atoms with Crippen LogP contribution < -0.4 is 0 Å². The molecule has 0 aliphatic carbocycles. The first-order valence-electron chi connectivity index (χ1n) is 5.89. The number of hydrogen-bond acceptors (Lipinski definition) is 4. The maximum Gasteiger partial charge on any atom is 0.250 e. The van der Waals surface area contributed by atoms with Crippen molar-refractivity contribution in [3.63, 3.8) is 0 Å². The Morgan fingerprint density at radius 3 is 2.47 bits per heavy atom. The second kappa shape index (κ2) is 5.27. The number of pyridine rings is 1. The minimum Gasteiger partial charge on any atom is -0.334 e. The second-order valence-corrected chi connectivity index (χ2v) is 3.94. The maximum absolute atomic E-state index is 5.17. The van der Waals surface area contributed by atoms with Gasteiger partial charge in [0.1, 0.15) is 0 Å². The van der Waals surface area contributed by atoms with Crippen LogP contribution >= 0.6 is 0 Å². The summed E-state index contributed by atoms with van der Waals surface area (Å²) in [5, 5.41) is 3.93. The zero-order chi connectivity index (χ0) is 12.9. The summed E-state index contributed by atoms with van der Waals surface area (Å²) in [7, 11) is 0. The highest BCUT2D eigenvalue weighted by Gasteiger charge is 2.05. The topological polar surface area (TPSA) is 51.8 Å². The Morgan fingerprint density at radius 1 is 0.895 bits per heavy atom. The van der Waals surface area contributed by atoms with Crippen LogP contribution in [0.5, 0.6) is 0 Å². The van der Waals surface area contributed by atoms with Gasteiger partial charge in [-0.15, -0.1) is 0 Å². The van der Waals surface area contributed by atoms with E-state index in [4.69, 9.17) is 4.52 Å². The summed E-state index contributed by atoms with van der Waals surface area (Å²) < 4.78 is 5.17. The molecule has 19 heavy (non-hydrogen) atoms. The first-order chi connectivity index (χ1) is 9.42. The number of nitrogens with zero attached hydrogens (tertiary/aromatic N) is 3. The lowest BCUT2D eigenvalue weighted by Crippen LogP contribution is -1.80. The molecular weight excluding hydrogens is 238 g/mol. The van der Waals surface area contributed by atoms with E-state index >= 15 is 0 Å². The Labute approximate surface area is 110 Å². The largest absolute Gasteiger partial charge is 0.334 e. The van der Waals surface area contributed by atoms with Crippen LogP contribution in [0.25, 0.3) is 23.5 Å². The molecule has 1 aromatic carbocycles. The molecule has 2 aromatic heterocycles. The molecule has 0 atom stereocenters. The van der Waals surface area contributed by atoms with E-state index in [9.17, 15) is 0 Å². The highest BCUT2D eigenvalue weighted by molar-refractivity contribution is 5.66. The normalized spacial score (nSPS) is 10.9. The van der Waals surface area contributed by atoms with E-state index in [-0.39, 0.29) is 0 Å². The van der Waals surface area contributed by atoms with Gasteiger partial charge in [0.05, 0.1) is 0 Å².